The summed E-state index contributed by atoms with van der Waals surface area (Å²) in [5.41, 5.74) is 1.98. The number of hydrogen-bond donors (Lipinski definition) is 1. The lowest BCUT2D eigenvalue weighted by atomic mass is 9.55. The summed E-state index contributed by atoms with van der Waals surface area (Å²) >= 11 is 0. The molecule has 19 heavy (non-hydrogen) atoms. The van der Waals surface area contributed by atoms with E-state index in [0.717, 1.165) is 12.3 Å². The number of nitriles is 1. The van der Waals surface area contributed by atoms with Crippen molar-refractivity contribution in [1.29, 1.82) is 5.26 Å². The molecule has 1 N–H and O–H groups in total. The predicted octanol–water partition coefficient (Wildman–Crippen LogP) is 3.17. The van der Waals surface area contributed by atoms with Crippen LogP contribution in [0.5, 0.6) is 0 Å². The quantitative estimate of drug-likeness (QED) is 0.884. The molecule has 1 aromatic rings. The van der Waals surface area contributed by atoms with Gasteiger partial charge in [-0.3, -0.25) is 0 Å². The Bertz CT molecular complexity index is 500. The standard InChI is InChI=1S/C16H20N2O/c1-16(2)14(13-4-3-9-19-15(13)16)18-12-7-5-11(10-17)6-8-12/h5-8,13-15,18H,3-4,9H2,1-2H3. The fourth-order valence-corrected chi connectivity index (χ4v) is 3.64. The fourth-order valence-electron chi connectivity index (χ4n) is 3.64. The SMILES string of the molecule is CC1(C)C(Nc2ccc(C#N)cc2)C2CCCOC21. The zero-order valence-corrected chi connectivity index (χ0v) is 11.5. The van der Waals surface area contributed by atoms with E-state index in [1.807, 2.05) is 24.3 Å². The van der Waals surface area contributed by atoms with Crippen LogP contribution in [-0.2, 0) is 4.74 Å². The van der Waals surface area contributed by atoms with E-state index in [0.29, 0.717) is 23.6 Å². The Morgan fingerprint density at radius 2 is 2.05 bits per heavy atom. The van der Waals surface area contributed by atoms with E-state index in [4.69, 9.17) is 10.00 Å². The highest BCUT2D eigenvalue weighted by Gasteiger charge is 2.57. The molecule has 1 saturated carbocycles. The molecular formula is C16H20N2O. The van der Waals surface area contributed by atoms with Crippen molar-refractivity contribution in [3.8, 4) is 6.07 Å². The molecule has 1 heterocycles. The van der Waals surface area contributed by atoms with Crippen molar-refractivity contribution >= 4 is 5.69 Å². The first-order chi connectivity index (χ1) is 9.13. The molecule has 3 heteroatoms. The number of nitrogens with zero attached hydrogens (tertiary/aromatic N) is 1. The van der Waals surface area contributed by atoms with Crippen molar-refractivity contribution in [1.82, 2.24) is 0 Å². The lowest BCUT2D eigenvalue weighted by molar-refractivity contribution is -0.177. The number of nitrogens with one attached hydrogen (secondary N) is 1. The topological polar surface area (TPSA) is 45.0 Å². The van der Waals surface area contributed by atoms with Gasteiger partial charge in [-0.1, -0.05) is 13.8 Å². The second kappa shape index (κ2) is 4.54. The summed E-state index contributed by atoms with van der Waals surface area (Å²) < 4.78 is 5.91. The number of hydrogen-bond acceptors (Lipinski definition) is 3. The first-order valence-corrected chi connectivity index (χ1v) is 7.01. The van der Waals surface area contributed by atoms with E-state index >= 15 is 0 Å². The molecule has 1 aliphatic heterocycles. The Balaban J connectivity index is 1.73. The van der Waals surface area contributed by atoms with E-state index in [9.17, 15) is 0 Å². The van der Waals surface area contributed by atoms with E-state index in [1.165, 1.54) is 12.8 Å². The van der Waals surface area contributed by atoms with Gasteiger partial charge in [-0.2, -0.15) is 5.26 Å². The van der Waals surface area contributed by atoms with Crippen LogP contribution in [0, 0.1) is 22.7 Å². The average Bonchev–Trinajstić information content (AvgIpc) is 2.45. The third-order valence-electron chi connectivity index (χ3n) is 4.67. The molecule has 0 amide bonds. The number of rotatable bonds is 2. The Morgan fingerprint density at radius 3 is 2.74 bits per heavy atom. The highest BCUT2D eigenvalue weighted by atomic mass is 16.5. The van der Waals surface area contributed by atoms with Gasteiger partial charge >= 0.3 is 0 Å². The molecule has 0 spiro atoms. The Labute approximate surface area is 114 Å². The largest absolute Gasteiger partial charge is 0.381 e. The van der Waals surface area contributed by atoms with Crippen LogP contribution in [-0.4, -0.2) is 18.8 Å². The van der Waals surface area contributed by atoms with Crippen molar-refractivity contribution in [2.75, 3.05) is 11.9 Å². The minimum Gasteiger partial charge on any atom is -0.381 e. The summed E-state index contributed by atoms with van der Waals surface area (Å²) in [6.07, 6.45) is 2.82. The normalized spacial score (nSPS) is 31.7. The van der Waals surface area contributed by atoms with Crippen LogP contribution in [0.3, 0.4) is 0 Å². The van der Waals surface area contributed by atoms with Gasteiger partial charge in [0.2, 0.25) is 0 Å². The predicted molar refractivity (Wildman–Crippen MR) is 74.8 cm³/mol. The highest BCUT2D eigenvalue weighted by molar-refractivity contribution is 5.49. The molecule has 3 nitrogen and oxygen atoms in total. The first-order valence-electron chi connectivity index (χ1n) is 7.01. The summed E-state index contributed by atoms with van der Waals surface area (Å²) in [6.45, 7) is 5.47. The smallest absolute Gasteiger partial charge is 0.0991 e. The molecule has 2 fully saturated rings. The Morgan fingerprint density at radius 1 is 1.32 bits per heavy atom. The van der Waals surface area contributed by atoms with Gasteiger partial charge in [0, 0.05) is 29.7 Å². The van der Waals surface area contributed by atoms with Crippen molar-refractivity contribution in [3.05, 3.63) is 29.8 Å². The summed E-state index contributed by atoms with van der Waals surface area (Å²) in [5.74, 6) is 0.624. The van der Waals surface area contributed by atoms with Gasteiger partial charge in [0.25, 0.3) is 0 Å². The van der Waals surface area contributed by atoms with Crippen LogP contribution in [0.4, 0.5) is 5.69 Å². The summed E-state index contributed by atoms with van der Waals surface area (Å²) in [7, 11) is 0. The van der Waals surface area contributed by atoms with Gasteiger partial charge < -0.3 is 10.1 Å². The highest BCUT2D eigenvalue weighted by Crippen LogP contribution is 2.52. The molecule has 1 saturated heterocycles. The molecule has 1 aromatic carbocycles. The Kier molecular flexibility index (Phi) is 2.99. The lowest BCUT2D eigenvalue weighted by Crippen LogP contribution is -2.67. The first kappa shape index (κ1) is 12.5. The maximum atomic E-state index is 8.82. The third-order valence-corrected chi connectivity index (χ3v) is 4.67. The monoisotopic (exact) mass is 256 g/mol. The molecule has 3 atom stereocenters. The second-order valence-corrected chi connectivity index (χ2v) is 6.23. The van der Waals surface area contributed by atoms with Crippen LogP contribution >= 0.6 is 0 Å². The van der Waals surface area contributed by atoms with Crippen molar-refractivity contribution in [2.45, 2.75) is 38.8 Å². The maximum Gasteiger partial charge on any atom is 0.0991 e. The number of fused-ring (bicyclic) bond motifs is 1. The minimum atomic E-state index is 0.180. The van der Waals surface area contributed by atoms with Crippen LogP contribution in [0.1, 0.15) is 32.3 Å². The zero-order valence-electron chi connectivity index (χ0n) is 11.5. The summed E-state index contributed by atoms with van der Waals surface area (Å²) in [4.78, 5) is 0. The van der Waals surface area contributed by atoms with Crippen LogP contribution in [0.15, 0.2) is 24.3 Å². The molecule has 100 valence electrons. The molecule has 3 rings (SSSR count). The van der Waals surface area contributed by atoms with Crippen LogP contribution in [0.2, 0.25) is 0 Å². The second-order valence-electron chi connectivity index (χ2n) is 6.23. The van der Waals surface area contributed by atoms with Crippen LogP contribution in [0.25, 0.3) is 0 Å². The summed E-state index contributed by atoms with van der Waals surface area (Å²) in [5, 5.41) is 12.4. The van der Waals surface area contributed by atoms with Gasteiger partial charge in [-0.15, -0.1) is 0 Å². The van der Waals surface area contributed by atoms with Crippen LogP contribution < -0.4 is 5.32 Å². The lowest BCUT2D eigenvalue weighted by Gasteiger charge is -2.60. The van der Waals surface area contributed by atoms with Gasteiger partial charge in [-0.05, 0) is 37.1 Å². The van der Waals surface area contributed by atoms with Gasteiger partial charge in [0.1, 0.15) is 0 Å². The average molecular weight is 256 g/mol. The number of benzene rings is 1. The van der Waals surface area contributed by atoms with E-state index in [-0.39, 0.29) is 5.41 Å². The van der Waals surface area contributed by atoms with Gasteiger partial charge in [0.15, 0.2) is 0 Å². The van der Waals surface area contributed by atoms with E-state index < -0.39 is 0 Å². The van der Waals surface area contributed by atoms with Crippen molar-refractivity contribution in [3.63, 3.8) is 0 Å². The molecule has 0 bridgehead atoms. The third kappa shape index (κ3) is 2.01. The molecule has 2 aliphatic rings. The minimum absolute atomic E-state index is 0.180. The van der Waals surface area contributed by atoms with E-state index in [1.54, 1.807) is 0 Å². The van der Waals surface area contributed by atoms with Gasteiger partial charge in [0.05, 0.1) is 17.7 Å². The van der Waals surface area contributed by atoms with Gasteiger partial charge in [-0.25, -0.2) is 0 Å². The van der Waals surface area contributed by atoms with Crippen molar-refractivity contribution in [2.24, 2.45) is 11.3 Å². The molecule has 0 aromatic heterocycles. The maximum absolute atomic E-state index is 8.82. The Hall–Kier alpha value is -1.53. The molecule has 0 radical (unpaired) electrons. The number of anilines is 1. The zero-order chi connectivity index (χ0) is 13.5. The van der Waals surface area contributed by atoms with Crippen molar-refractivity contribution < 1.29 is 4.74 Å². The molecule has 1 aliphatic carbocycles. The van der Waals surface area contributed by atoms with E-state index in [2.05, 4.69) is 25.2 Å². The number of ether oxygens (including phenoxy) is 1. The molecule has 3 unspecified atom stereocenters. The fraction of sp³-hybridized carbons (Fsp3) is 0.562. The molecular weight excluding hydrogens is 236 g/mol. The summed E-state index contributed by atoms with van der Waals surface area (Å²) in [6, 6.07) is 10.3.